The van der Waals surface area contributed by atoms with Gasteiger partial charge < -0.3 is 28.4 Å². The molecule has 7 nitrogen and oxygen atoms in total. The molecule has 5 aromatic carbocycles. The van der Waals surface area contributed by atoms with Crippen LogP contribution in [0.5, 0.6) is 0 Å². The summed E-state index contributed by atoms with van der Waals surface area (Å²) in [5.41, 5.74) is 6.40. The van der Waals surface area contributed by atoms with Crippen LogP contribution >= 0.6 is 11.8 Å². The number of thioether (sulfide) groups is 1. The van der Waals surface area contributed by atoms with Crippen molar-refractivity contribution in [1.29, 1.82) is 0 Å². The summed E-state index contributed by atoms with van der Waals surface area (Å²) >= 11 is 1.54. The Hall–Kier alpha value is -4.12. The van der Waals surface area contributed by atoms with Gasteiger partial charge in [0.15, 0.2) is 5.78 Å². The second-order valence-electron chi connectivity index (χ2n) is 13.1. The van der Waals surface area contributed by atoms with Crippen LogP contribution < -0.4 is 0 Å². The van der Waals surface area contributed by atoms with Gasteiger partial charge in [-0.05, 0) is 53.1 Å². The lowest BCUT2D eigenvalue weighted by atomic mass is 9.86. The molecule has 0 amide bonds. The van der Waals surface area contributed by atoms with Crippen LogP contribution in [0.25, 0.3) is 0 Å². The first kappa shape index (κ1) is 36.2. The van der Waals surface area contributed by atoms with E-state index in [1.165, 1.54) is 0 Å². The molecule has 0 saturated carbocycles. The number of carbonyl (C=O) groups is 1. The Balaban J connectivity index is 1.32. The molecule has 2 aliphatic heterocycles. The van der Waals surface area contributed by atoms with Gasteiger partial charge in [-0.3, -0.25) is 4.79 Å². The van der Waals surface area contributed by atoms with E-state index in [2.05, 4.69) is 0 Å². The van der Waals surface area contributed by atoms with Crippen molar-refractivity contribution in [1.82, 2.24) is 0 Å². The largest absolute Gasteiger partial charge is 0.374 e. The first-order chi connectivity index (χ1) is 25.5. The summed E-state index contributed by atoms with van der Waals surface area (Å²) in [6.07, 6.45) is -0.721. The fourth-order valence-electron chi connectivity index (χ4n) is 6.94. The molecule has 0 radical (unpaired) electrons. The van der Waals surface area contributed by atoms with E-state index in [1.807, 2.05) is 140 Å². The maximum absolute atomic E-state index is 13.0. The molecule has 0 aromatic heterocycles. The topological polar surface area (TPSA) is 72.5 Å². The molecule has 7 rings (SSSR count). The normalized spacial score (nSPS) is 22.3. The van der Waals surface area contributed by atoms with Crippen molar-refractivity contribution in [3.8, 4) is 0 Å². The van der Waals surface area contributed by atoms with Gasteiger partial charge in [-0.1, -0.05) is 121 Å². The third-order valence-electron chi connectivity index (χ3n) is 9.55. The van der Waals surface area contributed by atoms with Crippen molar-refractivity contribution in [3.63, 3.8) is 0 Å². The van der Waals surface area contributed by atoms with E-state index in [-0.39, 0.29) is 25.6 Å². The highest BCUT2D eigenvalue weighted by Gasteiger charge is 2.61. The number of benzene rings is 5. The summed E-state index contributed by atoms with van der Waals surface area (Å²) in [5, 5.41) is 0. The van der Waals surface area contributed by atoms with Crippen LogP contribution in [0.15, 0.2) is 138 Å². The molecule has 2 heterocycles. The lowest BCUT2D eigenvalue weighted by molar-refractivity contribution is -0.387. The number of hydrogen-bond acceptors (Lipinski definition) is 8. The van der Waals surface area contributed by atoms with Crippen molar-refractivity contribution in [2.75, 3.05) is 12.9 Å². The molecule has 1 spiro atoms. The molecule has 0 unspecified atom stereocenters. The van der Waals surface area contributed by atoms with Gasteiger partial charge in [0.1, 0.15) is 24.4 Å². The van der Waals surface area contributed by atoms with Crippen molar-refractivity contribution >= 4 is 17.5 Å². The Morgan fingerprint density at radius 3 is 1.71 bits per heavy atom. The van der Waals surface area contributed by atoms with E-state index >= 15 is 0 Å². The predicted octanol–water partition coefficient (Wildman–Crippen LogP) is 8.67. The molecule has 8 heteroatoms. The Kier molecular flexibility index (Phi) is 11.9. The molecule has 2 aliphatic rings. The van der Waals surface area contributed by atoms with Crippen LogP contribution in [0.1, 0.15) is 50.7 Å². The van der Waals surface area contributed by atoms with Crippen LogP contribution in [0, 0.1) is 0 Å². The third-order valence-corrected chi connectivity index (χ3v) is 10.3. The summed E-state index contributed by atoms with van der Waals surface area (Å²) in [4.78, 5) is 13.9. The Morgan fingerprint density at radius 2 is 1.19 bits per heavy atom. The number of rotatable bonds is 15. The average Bonchev–Trinajstić information content (AvgIpc) is 3.54. The van der Waals surface area contributed by atoms with Crippen molar-refractivity contribution in [3.05, 3.63) is 172 Å². The number of ether oxygens (including phenoxy) is 6. The zero-order chi connectivity index (χ0) is 35.8. The lowest BCUT2D eigenvalue weighted by Crippen LogP contribution is -2.65. The number of Topliss-reactive ketones (excluding diaryl/α,β-unsaturated/α-hetero) is 1. The maximum Gasteiger partial charge on any atom is 0.226 e. The van der Waals surface area contributed by atoms with Gasteiger partial charge >= 0.3 is 0 Å². The quantitative estimate of drug-likeness (QED) is 0.0788. The van der Waals surface area contributed by atoms with Crippen molar-refractivity contribution < 1.29 is 33.2 Å². The lowest BCUT2D eigenvalue weighted by Gasteiger charge is -2.51. The number of hydrogen-bond donors (Lipinski definition) is 0. The summed E-state index contributed by atoms with van der Waals surface area (Å²) < 4.78 is 41.1. The summed E-state index contributed by atoms with van der Waals surface area (Å²) in [7, 11) is 0. The van der Waals surface area contributed by atoms with E-state index < -0.39 is 30.2 Å². The number of carbonyl (C=O) groups excluding carboxylic acids is 1. The van der Waals surface area contributed by atoms with Crippen LogP contribution in [-0.2, 0) is 67.2 Å². The van der Waals surface area contributed by atoms with Gasteiger partial charge in [0, 0.05) is 16.0 Å². The van der Waals surface area contributed by atoms with Gasteiger partial charge in [0.05, 0.1) is 39.6 Å². The number of fused-ring (bicyclic) bond motifs is 2. The van der Waals surface area contributed by atoms with Crippen LogP contribution in [-0.4, -0.2) is 43.1 Å². The Bertz CT molecular complexity index is 1890. The molecular formula is C44H44O7S. The SMILES string of the molecule is CSc1cc2c(cc1C(C)=O)[C@]1(OC2)O[C@H](COCc2ccccc2)[C@@H](OCc2ccccc2)[C@H](OCc2ccccc2)[C@H]1OCc1ccccc1. The first-order valence-corrected chi connectivity index (χ1v) is 18.9. The molecule has 5 aromatic rings. The summed E-state index contributed by atoms with van der Waals surface area (Å²) in [5.74, 6) is -1.45. The van der Waals surface area contributed by atoms with E-state index in [4.69, 9.17) is 28.4 Å². The molecule has 1 saturated heterocycles. The highest BCUT2D eigenvalue weighted by molar-refractivity contribution is 7.98. The average molecular weight is 717 g/mol. The maximum atomic E-state index is 13.0. The Morgan fingerprint density at radius 1 is 0.692 bits per heavy atom. The van der Waals surface area contributed by atoms with Gasteiger partial charge in [-0.25, -0.2) is 0 Å². The minimum absolute atomic E-state index is 0.0320. The standard InChI is InChI=1S/C44H44O7S/c1-31(45)37-24-38-36(23-40(37)52-2)29-50-44(38)43(49-28-35-21-13-6-14-22-35)42(48-27-34-19-11-5-12-20-34)41(47-26-33-17-9-4-10-18-33)39(51-44)30-46-25-32-15-7-3-8-16-32/h3-24,39,41-43H,25-30H2,1-2H3/t39-,41-,42+,43-,44+/m1/s1. The van der Waals surface area contributed by atoms with Crippen LogP contribution in [0.2, 0.25) is 0 Å². The Labute approximate surface area is 310 Å². The summed E-state index contributed by atoms with van der Waals surface area (Å²) in [6.45, 7) is 3.39. The second kappa shape index (κ2) is 17.1. The fraction of sp³-hybridized carbons (Fsp3) is 0.295. The second-order valence-corrected chi connectivity index (χ2v) is 14.0. The van der Waals surface area contributed by atoms with E-state index in [9.17, 15) is 4.79 Å². The number of ketones is 1. The zero-order valence-electron chi connectivity index (χ0n) is 29.5. The highest BCUT2D eigenvalue weighted by atomic mass is 32.2. The molecular weight excluding hydrogens is 673 g/mol. The van der Waals surface area contributed by atoms with Crippen molar-refractivity contribution in [2.45, 2.75) is 75.1 Å². The smallest absolute Gasteiger partial charge is 0.226 e. The van der Waals surface area contributed by atoms with Gasteiger partial charge in [-0.15, -0.1) is 11.8 Å². The summed E-state index contributed by atoms with van der Waals surface area (Å²) in [6, 6.07) is 44.2. The molecule has 0 aliphatic carbocycles. The molecule has 268 valence electrons. The van der Waals surface area contributed by atoms with Gasteiger partial charge in [-0.2, -0.15) is 0 Å². The third kappa shape index (κ3) is 8.24. The molecule has 1 fully saturated rings. The predicted molar refractivity (Wildman–Crippen MR) is 201 cm³/mol. The first-order valence-electron chi connectivity index (χ1n) is 17.7. The van der Waals surface area contributed by atoms with Gasteiger partial charge in [0.2, 0.25) is 5.79 Å². The molecule has 52 heavy (non-hydrogen) atoms. The van der Waals surface area contributed by atoms with Crippen LogP contribution in [0.3, 0.4) is 0 Å². The monoisotopic (exact) mass is 716 g/mol. The minimum Gasteiger partial charge on any atom is -0.374 e. The zero-order valence-corrected chi connectivity index (χ0v) is 30.3. The van der Waals surface area contributed by atoms with E-state index in [1.54, 1.807) is 18.7 Å². The van der Waals surface area contributed by atoms with E-state index in [0.29, 0.717) is 25.4 Å². The van der Waals surface area contributed by atoms with Crippen molar-refractivity contribution in [2.24, 2.45) is 0 Å². The van der Waals surface area contributed by atoms with Crippen LogP contribution in [0.4, 0.5) is 0 Å². The van der Waals surface area contributed by atoms with Gasteiger partial charge in [0.25, 0.3) is 0 Å². The highest BCUT2D eigenvalue weighted by Crippen LogP contribution is 2.50. The molecule has 5 atom stereocenters. The van der Waals surface area contributed by atoms with E-state index in [0.717, 1.165) is 38.3 Å². The molecule has 0 bridgehead atoms. The minimum atomic E-state index is -1.42. The fourth-order valence-corrected chi connectivity index (χ4v) is 7.63. The molecule has 0 N–H and O–H groups in total.